The molecule has 1 aliphatic heterocycles. The molecule has 2 N–H and O–H groups in total. The summed E-state index contributed by atoms with van der Waals surface area (Å²) >= 11 is 6.32. The molecule has 5 aromatic rings. The maximum absolute atomic E-state index is 13.5. The first-order valence-corrected chi connectivity index (χ1v) is 14.1. The molecular formula is C30H27ClN8O4. The first-order chi connectivity index (χ1) is 20.9. The number of rotatable bonds is 9. The maximum Gasteiger partial charge on any atom is 0.305 e. The number of tetrazole rings is 1. The zero-order valence-corrected chi connectivity index (χ0v) is 23.9. The molecule has 4 heterocycles. The smallest absolute Gasteiger partial charge is 0.305 e. The molecule has 0 fully saturated rings. The van der Waals surface area contributed by atoms with Gasteiger partial charge in [-0.1, -0.05) is 23.7 Å². The van der Waals surface area contributed by atoms with E-state index in [1.807, 2.05) is 36.4 Å². The van der Waals surface area contributed by atoms with E-state index < -0.39 is 0 Å². The van der Waals surface area contributed by atoms with Crippen LogP contribution in [0.3, 0.4) is 0 Å². The summed E-state index contributed by atoms with van der Waals surface area (Å²) in [5.41, 5.74) is 5.32. The third kappa shape index (κ3) is 5.95. The average Bonchev–Trinajstić information content (AvgIpc) is 3.79. The summed E-state index contributed by atoms with van der Waals surface area (Å²) in [6.45, 7) is 0. The number of esters is 1. The number of benzene rings is 2. The lowest BCUT2D eigenvalue weighted by atomic mass is 10.0. The Morgan fingerprint density at radius 2 is 1.93 bits per heavy atom. The second-order valence-electron chi connectivity index (χ2n) is 10.2. The summed E-state index contributed by atoms with van der Waals surface area (Å²) in [6, 6.07) is 16.2. The van der Waals surface area contributed by atoms with E-state index in [2.05, 4.69) is 35.5 Å². The molecule has 0 aliphatic carbocycles. The molecule has 0 saturated carbocycles. The summed E-state index contributed by atoms with van der Waals surface area (Å²) < 4.78 is 7.92. The van der Waals surface area contributed by atoms with Crippen molar-refractivity contribution in [3.05, 3.63) is 94.0 Å². The molecular weight excluding hydrogens is 572 g/mol. The number of carbonyl (C=O) groups is 2. The number of H-pyrrole nitrogens is 1. The number of aromatic amines is 1. The number of fused-ring (bicyclic) bond motifs is 1. The van der Waals surface area contributed by atoms with Gasteiger partial charge in [0.2, 0.25) is 5.91 Å². The third-order valence-corrected chi connectivity index (χ3v) is 7.64. The Balaban J connectivity index is 1.18. The van der Waals surface area contributed by atoms with Crippen molar-refractivity contribution in [3.8, 4) is 28.1 Å². The van der Waals surface area contributed by atoms with Gasteiger partial charge in [0.1, 0.15) is 12.2 Å². The van der Waals surface area contributed by atoms with Crippen molar-refractivity contribution in [2.45, 2.75) is 38.1 Å². The third-order valence-electron chi connectivity index (χ3n) is 7.40. The molecule has 12 nitrogen and oxygen atoms in total. The number of amides is 1. The summed E-state index contributed by atoms with van der Waals surface area (Å²) in [6.07, 6.45) is 5.53. The fraction of sp³-hybridized carbons (Fsp3) is 0.233. The van der Waals surface area contributed by atoms with Crippen LogP contribution in [0.25, 0.3) is 28.1 Å². The highest BCUT2D eigenvalue weighted by Crippen LogP contribution is 2.34. The molecule has 0 saturated heterocycles. The van der Waals surface area contributed by atoms with Gasteiger partial charge in [-0.3, -0.25) is 14.4 Å². The number of anilines is 1. The molecule has 6 rings (SSSR count). The Bertz CT molecular complexity index is 1850. The van der Waals surface area contributed by atoms with Crippen LogP contribution in [-0.4, -0.2) is 53.7 Å². The number of hydrogen-bond acceptors (Lipinski definition) is 8. The molecule has 43 heavy (non-hydrogen) atoms. The minimum atomic E-state index is -0.333. The van der Waals surface area contributed by atoms with Crippen LogP contribution in [0.2, 0.25) is 5.02 Å². The number of pyridine rings is 1. The average molecular weight is 599 g/mol. The number of nitrogens with zero attached hydrogens (tertiary/aromatic N) is 6. The normalized spacial score (nSPS) is 14.0. The topological polar surface area (TPSA) is 150 Å². The van der Waals surface area contributed by atoms with E-state index >= 15 is 0 Å². The molecule has 0 bridgehead atoms. The van der Waals surface area contributed by atoms with Crippen LogP contribution < -0.4 is 10.9 Å². The molecule has 13 heteroatoms. The predicted octanol–water partition coefficient (Wildman–Crippen LogP) is 4.35. The van der Waals surface area contributed by atoms with Crippen molar-refractivity contribution in [1.29, 1.82) is 0 Å². The summed E-state index contributed by atoms with van der Waals surface area (Å²) in [4.78, 5) is 44.9. The number of carbonyl (C=O) groups excluding carboxylic acids is 2. The number of halogens is 1. The molecule has 2 aromatic carbocycles. The fourth-order valence-electron chi connectivity index (χ4n) is 5.32. The van der Waals surface area contributed by atoms with Gasteiger partial charge >= 0.3 is 5.97 Å². The number of aromatic nitrogens is 7. The molecule has 0 unspecified atom stereocenters. The number of methoxy groups -OCH3 is 1. The molecule has 1 amide bonds. The second-order valence-corrected chi connectivity index (χ2v) is 10.6. The number of ether oxygens (including phenoxy) is 1. The van der Waals surface area contributed by atoms with E-state index in [-0.39, 0.29) is 36.3 Å². The van der Waals surface area contributed by atoms with Gasteiger partial charge in [-0.05, 0) is 77.2 Å². The van der Waals surface area contributed by atoms with Gasteiger partial charge in [0.15, 0.2) is 0 Å². The monoisotopic (exact) mass is 598 g/mol. The van der Waals surface area contributed by atoms with E-state index in [1.54, 1.807) is 29.0 Å². The van der Waals surface area contributed by atoms with Gasteiger partial charge in [0.05, 0.1) is 30.7 Å². The van der Waals surface area contributed by atoms with Gasteiger partial charge in [0.25, 0.3) is 5.56 Å². The van der Waals surface area contributed by atoms with Crippen LogP contribution in [0.1, 0.15) is 43.2 Å². The lowest BCUT2D eigenvalue weighted by Crippen LogP contribution is -2.23. The van der Waals surface area contributed by atoms with Gasteiger partial charge in [-0.25, -0.2) is 4.98 Å². The van der Waals surface area contributed by atoms with E-state index in [4.69, 9.17) is 11.6 Å². The van der Waals surface area contributed by atoms with Crippen molar-refractivity contribution in [1.82, 2.24) is 34.7 Å². The minimum absolute atomic E-state index is 0.137. The lowest BCUT2D eigenvalue weighted by molar-refractivity contribution is -0.140. The SMILES string of the molecule is COC(=O)CCCC(=O)Nc1ccc(-c2cnc([C@@H]3CCc4cc(-c5cc(Cl)ccc5-n5cnnn5)cc(=O)n43)[nH]2)cc1. The van der Waals surface area contributed by atoms with Crippen LogP contribution in [0.5, 0.6) is 0 Å². The highest BCUT2D eigenvalue weighted by molar-refractivity contribution is 6.31. The summed E-state index contributed by atoms with van der Waals surface area (Å²) in [5.74, 6) is 0.194. The first-order valence-electron chi connectivity index (χ1n) is 13.7. The highest BCUT2D eigenvalue weighted by atomic mass is 35.5. The number of aryl methyl sites for hydroxylation is 1. The van der Waals surface area contributed by atoms with E-state index in [9.17, 15) is 14.4 Å². The highest BCUT2D eigenvalue weighted by Gasteiger charge is 2.28. The van der Waals surface area contributed by atoms with Crippen molar-refractivity contribution in [2.24, 2.45) is 0 Å². The molecule has 1 atom stereocenters. The van der Waals surface area contributed by atoms with Gasteiger partial charge < -0.3 is 19.6 Å². The standard InChI is InChI=1S/C30H27ClN8O4/c1-43-29(42)4-2-3-27(40)34-21-8-5-18(6-9-21)24-16-32-30(35-24)26-12-10-22-13-19(14-28(41)39(22)26)23-15-20(31)7-11-25(23)38-17-33-36-37-38/h5-9,11,13-17,26H,2-4,10,12H2,1H3,(H,32,35)(H,34,40)/t26-/m0/s1. The summed E-state index contributed by atoms with van der Waals surface area (Å²) in [5, 5.41) is 14.8. The Morgan fingerprint density at radius 1 is 1.09 bits per heavy atom. The predicted molar refractivity (Wildman–Crippen MR) is 159 cm³/mol. The fourth-order valence-corrected chi connectivity index (χ4v) is 5.50. The van der Waals surface area contributed by atoms with Crippen molar-refractivity contribution in [3.63, 3.8) is 0 Å². The van der Waals surface area contributed by atoms with Crippen LogP contribution in [-0.2, 0) is 20.7 Å². The molecule has 0 spiro atoms. The molecule has 1 aliphatic rings. The Labute approximate surface area is 250 Å². The number of hydrogen-bond donors (Lipinski definition) is 2. The Kier molecular flexibility index (Phi) is 7.84. The molecule has 218 valence electrons. The van der Waals surface area contributed by atoms with E-state index in [1.165, 1.54) is 18.1 Å². The van der Waals surface area contributed by atoms with Gasteiger partial charge in [-0.2, -0.15) is 4.68 Å². The molecule has 0 radical (unpaired) electrons. The van der Waals surface area contributed by atoms with Crippen molar-refractivity contribution in [2.75, 3.05) is 12.4 Å². The van der Waals surface area contributed by atoms with Crippen LogP contribution >= 0.6 is 11.6 Å². The first kappa shape index (κ1) is 28.0. The van der Waals surface area contributed by atoms with E-state index in [0.717, 1.165) is 34.5 Å². The largest absolute Gasteiger partial charge is 0.469 e. The number of imidazole rings is 1. The number of nitrogens with one attached hydrogen (secondary N) is 2. The van der Waals surface area contributed by atoms with Crippen LogP contribution in [0, 0.1) is 0 Å². The zero-order chi connectivity index (χ0) is 29.9. The maximum atomic E-state index is 13.5. The van der Waals surface area contributed by atoms with Crippen molar-refractivity contribution < 1.29 is 14.3 Å². The van der Waals surface area contributed by atoms with Crippen LogP contribution in [0.4, 0.5) is 5.69 Å². The van der Waals surface area contributed by atoms with Gasteiger partial charge in [0, 0.05) is 40.9 Å². The lowest BCUT2D eigenvalue weighted by Gasteiger charge is -2.15. The minimum Gasteiger partial charge on any atom is -0.469 e. The quantitative estimate of drug-likeness (QED) is 0.238. The van der Waals surface area contributed by atoms with Crippen LogP contribution in [0.15, 0.2) is 71.9 Å². The second kappa shape index (κ2) is 12.0. The van der Waals surface area contributed by atoms with E-state index in [0.29, 0.717) is 35.1 Å². The summed E-state index contributed by atoms with van der Waals surface area (Å²) in [7, 11) is 1.33. The van der Waals surface area contributed by atoms with Crippen molar-refractivity contribution >= 4 is 29.2 Å². The van der Waals surface area contributed by atoms with Gasteiger partial charge in [-0.15, -0.1) is 5.10 Å². The molecule has 3 aromatic heterocycles. The Morgan fingerprint density at radius 3 is 2.70 bits per heavy atom. The Hall–Kier alpha value is -5.10. The zero-order valence-electron chi connectivity index (χ0n) is 23.2.